The van der Waals surface area contributed by atoms with E-state index in [1.165, 1.54) is 12.1 Å². The van der Waals surface area contributed by atoms with Gasteiger partial charge in [0, 0.05) is 11.6 Å². The van der Waals surface area contributed by atoms with E-state index in [0.29, 0.717) is 11.5 Å². The summed E-state index contributed by atoms with van der Waals surface area (Å²) in [5, 5.41) is 8.79. The molecule has 2 rings (SSSR count). The Morgan fingerprint density at radius 3 is 2.76 bits per heavy atom. The van der Waals surface area contributed by atoms with E-state index in [9.17, 15) is 8.42 Å². The Hall–Kier alpha value is -1.06. The molecule has 0 radical (unpaired) electrons. The molecule has 0 bridgehead atoms. The van der Waals surface area contributed by atoms with Crippen LogP contribution < -0.4 is 4.72 Å². The van der Waals surface area contributed by atoms with Crippen LogP contribution in [0.2, 0.25) is 5.02 Å². The third-order valence-corrected chi connectivity index (χ3v) is 5.67. The van der Waals surface area contributed by atoms with Gasteiger partial charge in [-0.2, -0.15) is 0 Å². The Morgan fingerprint density at radius 2 is 2.19 bits per heavy atom. The lowest BCUT2D eigenvalue weighted by Crippen LogP contribution is -2.36. The summed E-state index contributed by atoms with van der Waals surface area (Å²) in [6, 6.07) is 4.50. The maximum Gasteiger partial charge on any atom is 0.242 e. The van der Waals surface area contributed by atoms with Crippen molar-refractivity contribution in [3.8, 4) is 11.8 Å². The summed E-state index contributed by atoms with van der Waals surface area (Å²) in [6.45, 7) is 1.80. The van der Waals surface area contributed by atoms with Crippen LogP contribution in [0.3, 0.4) is 0 Å². The van der Waals surface area contributed by atoms with E-state index in [0.717, 1.165) is 19.3 Å². The second-order valence-corrected chi connectivity index (χ2v) is 7.33. The molecule has 1 aromatic rings. The van der Waals surface area contributed by atoms with Crippen molar-refractivity contribution in [2.45, 2.75) is 37.1 Å². The molecule has 2 unspecified atom stereocenters. The monoisotopic (exact) mass is 327 g/mol. The van der Waals surface area contributed by atoms with Crippen LogP contribution in [0.4, 0.5) is 0 Å². The van der Waals surface area contributed by atoms with Crippen LogP contribution in [0.25, 0.3) is 0 Å². The highest BCUT2D eigenvalue weighted by molar-refractivity contribution is 7.89. The highest BCUT2D eigenvalue weighted by atomic mass is 35.5. The molecule has 1 aromatic carbocycles. The molecular weight excluding hydrogens is 310 g/mol. The molecule has 0 amide bonds. The molecule has 0 saturated heterocycles. The van der Waals surface area contributed by atoms with Gasteiger partial charge in [-0.05, 0) is 37.0 Å². The second-order valence-electron chi connectivity index (χ2n) is 5.24. The van der Waals surface area contributed by atoms with E-state index in [1.54, 1.807) is 6.07 Å². The topological polar surface area (TPSA) is 66.4 Å². The van der Waals surface area contributed by atoms with Crippen molar-refractivity contribution in [3.63, 3.8) is 0 Å². The summed E-state index contributed by atoms with van der Waals surface area (Å²) >= 11 is 6.07. The van der Waals surface area contributed by atoms with Crippen LogP contribution in [0.15, 0.2) is 23.1 Å². The minimum absolute atomic E-state index is 0.0278. The minimum Gasteiger partial charge on any atom is -0.384 e. The van der Waals surface area contributed by atoms with Crippen LogP contribution in [-0.2, 0) is 10.0 Å². The fraction of sp³-hybridized carbons (Fsp3) is 0.467. The van der Waals surface area contributed by atoms with E-state index in [-0.39, 0.29) is 22.6 Å². The van der Waals surface area contributed by atoms with Crippen LogP contribution in [0, 0.1) is 17.8 Å². The molecule has 2 atom stereocenters. The van der Waals surface area contributed by atoms with Gasteiger partial charge in [-0.15, -0.1) is 0 Å². The van der Waals surface area contributed by atoms with Crippen molar-refractivity contribution in [1.29, 1.82) is 0 Å². The maximum atomic E-state index is 12.4. The molecule has 1 saturated carbocycles. The summed E-state index contributed by atoms with van der Waals surface area (Å²) < 4.78 is 27.6. The molecule has 114 valence electrons. The highest BCUT2D eigenvalue weighted by Crippen LogP contribution is 2.28. The van der Waals surface area contributed by atoms with Crippen LogP contribution in [0.5, 0.6) is 0 Å². The third kappa shape index (κ3) is 3.98. The van der Waals surface area contributed by atoms with Crippen molar-refractivity contribution < 1.29 is 13.5 Å². The van der Waals surface area contributed by atoms with E-state index in [4.69, 9.17) is 16.7 Å². The zero-order valence-electron chi connectivity index (χ0n) is 11.8. The molecule has 2 N–H and O–H groups in total. The Morgan fingerprint density at radius 1 is 1.43 bits per heavy atom. The first-order valence-corrected chi connectivity index (χ1v) is 8.72. The molecule has 21 heavy (non-hydrogen) atoms. The summed E-state index contributed by atoms with van der Waals surface area (Å²) in [5.74, 6) is 5.53. The molecule has 1 aliphatic rings. The number of nitrogens with one attached hydrogen (secondary N) is 1. The largest absolute Gasteiger partial charge is 0.384 e. The van der Waals surface area contributed by atoms with E-state index in [1.807, 2.05) is 0 Å². The van der Waals surface area contributed by atoms with Gasteiger partial charge in [-0.25, -0.2) is 13.1 Å². The average Bonchev–Trinajstić information content (AvgIpc) is 2.81. The summed E-state index contributed by atoms with van der Waals surface area (Å²) in [5.41, 5.74) is 0.572. The van der Waals surface area contributed by atoms with Crippen molar-refractivity contribution in [2.75, 3.05) is 6.61 Å². The van der Waals surface area contributed by atoms with Crippen LogP contribution in [0.1, 0.15) is 31.7 Å². The van der Waals surface area contributed by atoms with E-state index >= 15 is 0 Å². The van der Waals surface area contributed by atoms with Gasteiger partial charge in [0.15, 0.2) is 0 Å². The first-order valence-electron chi connectivity index (χ1n) is 6.85. The van der Waals surface area contributed by atoms with E-state index < -0.39 is 10.0 Å². The standard InChI is InChI=1S/C15H18ClNO3S/c1-11-4-2-6-14(11)17-21(19,20)15-8-7-12(5-3-9-18)10-13(15)16/h7-8,10-11,14,17-18H,2,4,6,9H2,1H3. The number of aliphatic hydroxyl groups excluding tert-OH is 1. The lowest BCUT2D eigenvalue weighted by Gasteiger charge is -2.18. The number of rotatable bonds is 3. The van der Waals surface area contributed by atoms with Gasteiger partial charge in [0.2, 0.25) is 10.0 Å². The Bertz CT molecular complexity index is 676. The van der Waals surface area contributed by atoms with Gasteiger partial charge in [0.25, 0.3) is 0 Å². The van der Waals surface area contributed by atoms with Gasteiger partial charge in [0.1, 0.15) is 11.5 Å². The number of benzene rings is 1. The van der Waals surface area contributed by atoms with Gasteiger partial charge in [-0.1, -0.05) is 36.8 Å². The molecule has 6 heteroatoms. The predicted molar refractivity (Wildman–Crippen MR) is 82.5 cm³/mol. The molecule has 1 aliphatic carbocycles. The molecule has 0 spiro atoms. The SMILES string of the molecule is CC1CCCC1NS(=O)(=O)c1ccc(C#CCO)cc1Cl. The van der Waals surface area contributed by atoms with Gasteiger partial charge in [-0.3, -0.25) is 0 Å². The smallest absolute Gasteiger partial charge is 0.242 e. The number of hydrogen-bond acceptors (Lipinski definition) is 3. The highest BCUT2D eigenvalue weighted by Gasteiger charge is 2.29. The van der Waals surface area contributed by atoms with Crippen molar-refractivity contribution >= 4 is 21.6 Å². The lowest BCUT2D eigenvalue weighted by molar-refractivity contribution is 0.350. The minimum atomic E-state index is -3.62. The van der Waals surface area contributed by atoms with Crippen LogP contribution in [-0.4, -0.2) is 26.2 Å². The summed E-state index contributed by atoms with van der Waals surface area (Å²) in [6.07, 6.45) is 2.94. The average molecular weight is 328 g/mol. The zero-order chi connectivity index (χ0) is 15.5. The number of aliphatic hydroxyl groups is 1. The second kappa shape index (κ2) is 6.80. The normalized spacial score (nSPS) is 21.9. The van der Waals surface area contributed by atoms with Gasteiger partial charge < -0.3 is 5.11 Å². The third-order valence-electron chi connectivity index (χ3n) is 3.70. The fourth-order valence-electron chi connectivity index (χ4n) is 2.52. The molecular formula is C15H18ClNO3S. The summed E-state index contributed by atoms with van der Waals surface area (Å²) in [7, 11) is -3.62. The predicted octanol–water partition coefficient (Wildman–Crippen LogP) is 2.15. The fourth-order valence-corrected chi connectivity index (χ4v) is 4.45. The Balaban J connectivity index is 2.24. The molecule has 1 fully saturated rings. The Labute approximate surface area is 130 Å². The van der Waals surface area contributed by atoms with E-state index in [2.05, 4.69) is 23.5 Å². The summed E-state index contributed by atoms with van der Waals surface area (Å²) in [4.78, 5) is 0.0674. The first-order chi connectivity index (χ1) is 9.94. The number of halogens is 1. The molecule has 0 heterocycles. The van der Waals surface area contributed by atoms with Crippen molar-refractivity contribution in [3.05, 3.63) is 28.8 Å². The van der Waals surface area contributed by atoms with Crippen molar-refractivity contribution in [1.82, 2.24) is 4.72 Å². The zero-order valence-corrected chi connectivity index (χ0v) is 13.3. The van der Waals surface area contributed by atoms with Crippen LogP contribution >= 0.6 is 11.6 Å². The number of sulfonamides is 1. The van der Waals surface area contributed by atoms with Crippen molar-refractivity contribution in [2.24, 2.45) is 5.92 Å². The van der Waals surface area contributed by atoms with Gasteiger partial charge >= 0.3 is 0 Å². The number of hydrogen-bond donors (Lipinski definition) is 2. The molecule has 0 aromatic heterocycles. The lowest BCUT2D eigenvalue weighted by atomic mass is 10.1. The first kappa shape index (κ1) is 16.3. The molecule has 0 aliphatic heterocycles. The Kier molecular flexibility index (Phi) is 5.28. The quantitative estimate of drug-likeness (QED) is 0.836. The molecule has 4 nitrogen and oxygen atoms in total. The maximum absolute atomic E-state index is 12.4. The van der Waals surface area contributed by atoms with Gasteiger partial charge in [0.05, 0.1) is 5.02 Å².